The Bertz CT molecular complexity index is 890. The highest BCUT2D eigenvalue weighted by Crippen LogP contribution is 2.37. The van der Waals surface area contributed by atoms with Crippen molar-refractivity contribution in [2.75, 3.05) is 6.61 Å². The zero-order valence-corrected chi connectivity index (χ0v) is 15.2. The van der Waals surface area contributed by atoms with E-state index in [2.05, 4.69) is 0 Å². The second-order valence-corrected chi connectivity index (χ2v) is 6.57. The summed E-state index contributed by atoms with van der Waals surface area (Å²) >= 11 is 6.16. The molecule has 2 aromatic rings. The minimum Gasteiger partial charge on any atom is -0.489 e. The summed E-state index contributed by atoms with van der Waals surface area (Å²) in [6.07, 6.45) is 3.67. The van der Waals surface area contributed by atoms with Gasteiger partial charge in [0.05, 0.1) is 5.56 Å². The number of halogens is 1. The van der Waals surface area contributed by atoms with Crippen molar-refractivity contribution in [3.05, 3.63) is 75.5 Å². The van der Waals surface area contributed by atoms with Crippen LogP contribution in [0.25, 0.3) is 6.08 Å². The van der Waals surface area contributed by atoms with Crippen molar-refractivity contribution in [1.82, 2.24) is 0 Å². The molecule has 2 aromatic carbocycles. The number of allylic oxidation sites excluding steroid dienone is 2. The van der Waals surface area contributed by atoms with Gasteiger partial charge < -0.3 is 9.47 Å². The van der Waals surface area contributed by atoms with Crippen LogP contribution in [0.4, 0.5) is 0 Å². The summed E-state index contributed by atoms with van der Waals surface area (Å²) in [5, 5.41) is 0.574. The minimum atomic E-state index is -0.136. The van der Waals surface area contributed by atoms with Crippen LogP contribution in [-0.4, -0.2) is 12.4 Å². The van der Waals surface area contributed by atoms with Crippen molar-refractivity contribution < 1.29 is 14.3 Å². The maximum absolute atomic E-state index is 12.7. The van der Waals surface area contributed by atoms with E-state index in [1.54, 1.807) is 18.2 Å². The molecule has 0 amide bonds. The molecule has 3 rings (SSSR count). The maximum Gasteiger partial charge on any atom is 0.232 e. The van der Waals surface area contributed by atoms with Crippen molar-refractivity contribution in [3.8, 4) is 11.5 Å². The Balaban J connectivity index is 1.89. The van der Waals surface area contributed by atoms with Gasteiger partial charge in [-0.3, -0.25) is 4.79 Å². The second kappa shape index (κ2) is 7.16. The molecule has 128 valence electrons. The lowest BCUT2D eigenvalue weighted by Gasteiger charge is -2.07. The van der Waals surface area contributed by atoms with Crippen molar-refractivity contribution in [3.63, 3.8) is 0 Å². The van der Waals surface area contributed by atoms with Crippen LogP contribution in [0.1, 0.15) is 35.3 Å². The average molecular weight is 355 g/mol. The Morgan fingerprint density at radius 1 is 1.24 bits per heavy atom. The summed E-state index contributed by atoms with van der Waals surface area (Å²) < 4.78 is 11.5. The molecule has 0 saturated carbocycles. The van der Waals surface area contributed by atoms with Crippen molar-refractivity contribution >= 4 is 23.5 Å². The fraction of sp³-hybridized carbons (Fsp3) is 0.190. The van der Waals surface area contributed by atoms with Crippen LogP contribution in [0.2, 0.25) is 5.02 Å². The van der Waals surface area contributed by atoms with Crippen molar-refractivity contribution in [2.45, 2.75) is 20.8 Å². The SMILES string of the molecule is CC(C)=CCOc1cc(C)c2c(c1)O/C(=C\c1ccccc1Cl)C2=O. The highest BCUT2D eigenvalue weighted by Gasteiger charge is 2.30. The second-order valence-electron chi connectivity index (χ2n) is 6.17. The molecule has 3 nitrogen and oxygen atoms in total. The number of rotatable bonds is 4. The number of carbonyl (C=O) groups is 1. The largest absolute Gasteiger partial charge is 0.489 e. The highest BCUT2D eigenvalue weighted by atomic mass is 35.5. The molecule has 0 saturated heterocycles. The fourth-order valence-electron chi connectivity index (χ4n) is 2.60. The van der Waals surface area contributed by atoms with E-state index in [4.69, 9.17) is 21.1 Å². The molecule has 25 heavy (non-hydrogen) atoms. The van der Waals surface area contributed by atoms with E-state index in [0.29, 0.717) is 28.7 Å². The van der Waals surface area contributed by atoms with Gasteiger partial charge in [0.2, 0.25) is 5.78 Å². The van der Waals surface area contributed by atoms with Gasteiger partial charge in [0, 0.05) is 11.1 Å². The molecular weight excluding hydrogens is 336 g/mol. The van der Waals surface area contributed by atoms with Crippen molar-refractivity contribution in [1.29, 1.82) is 0 Å². The molecule has 1 aliphatic rings. The van der Waals surface area contributed by atoms with E-state index >= 15 is 0 Å². The van der Waals surface area contributed by atoms with Crippen LogP contribution < -0.4 is 9.47 Å². The summed E-state index contributed by atoms with van der Waals surface area (Å²) in [5.74, 6) is 1.34. The van der Waals surface area contributed by atoms with E-state index in [1.165, 1.54) is 5.57 Å². The predicted octanol–water partition coefficient (Wildman–Crippen LogP) is 5.61. The summed E-state index contributed by atoms with van der Waals surface area (Å²) in [6.45, 7) is 6.40. The van der Waals surface area contributed by atoms with Crippen molar-refractivity contribution in [2.24, 2.45) is 0 Å². The Morgan fingerprint density at radius 3 is 2.72 bits per heavy atom. The Morgan fingerprint density at radius 2 is 2.00 bits per heavy atom. The maximum atomic E-state index is 12.7. The first-order valence-corrected chi connectivity index (χ1v) is 8.43. The third-order valence-electron chi connectivity index (χ3n) is 3.88. The molecule has 0 N–H and O–H groups in total. The standard InChI is InChI=1S/C21H19ClO3/c1-13(2)8-9-24-16-10-14(3)20-18(12-16)25-19(21(20)23)11-15-6-4-5-7-17(15)22/h4-8,10-12H,9H2,1-3H3/b19-11-. The lowest BCUT2D eigenvalue weighted by atomic mass is 10.0. The topological polar surface area (TPSA) is 35.5 Å². The summed E-state index contributed by atoms with van der Waals surface area (Å²) in [6, 6.07) is 10.9. The summed E-state index contributed by atoms with van der Waals surface area (Å²) in [7, 11) is 0. The smallest absolute Gasteiger partial charge is 0.232 e. The minimum absolute atomic E-state index is 0.136. The molecule has 0 aromatic heterocycles. The van der Waals surface area contributed by atoms with Gasteiger partial charge in [0.15, 0.2) is 5.76 Å². The van der Waals surface area contributed by atoms with Gasteiger partial charge in [-0.05, 0) is 56.2 Å². The van der Waals surface area contributed by atoms with E-state index in [-0.39, 0.29) is 11.5 Å². The molecule has 1 aliphatic heterocycles. The molecule has 0 unspecified atom stereocenters. The zero-order valence-electron chi connectivity index (χ0n) is 14.4. The first-order chi connectivity index (χ1) is 12.0. The third-order valence-corrected chi connectivity index (χ3v) is 4.22. The van der Waals surface area contributed by atoms with E-state index < -0.39 is 0 Å². The van der Waals surface area contributed by atoms with Crippen LogP contribution in [-0.2, 0) is 0 Å². The zero-order chi connectivity index (χ0) is 18.0. The van der Waals surface area contributed by atoms with Crippen LogP contribution >= 0.6 is 11.6 Å². The number of aryl methyl sites for hydroxylation is 1. The fourth-order valence-corrected chi connectivity index (χ4v) is 2.79. The van der Waals surface area contributed by atoms with E-state index in [9.17, 15) is 4.79 Å². The Labute approximate surface area is 152 Å². The Hall–Kier alpha value is -2.52. The molecule has 0 radical (unpaired) electrons. The number of fused-ring (bicyclic) bond motifs is 1. The summed E-state index contributed by atoms with van der Waals surface area (Å²) in [4.78, 5) is 12.7. The molecule has 0 spiro atoms. The number of Topliss-reactive ketones (excluding diaryl/α,β-unsaturated/α-hetero) is 1. The van der Waals surface area contributed by atoms with Gasteiger partial charge in [0.1, 0.15) is 18.1 Å². The molecule has 1 heterocycles. The third kappa shape index (κ3) is 3.77. The van der Waals surface area contributed by atoms with E-state index in [0.717, 1.165) is 11.1 Å². The molecule has 0 fully saturated rings. The quantitative estimate of drug-likeness (QED) is 0.528. The lowest BCUT2D eigenvalue weighted by Crippen LogP contribution is -2.00. The number of benzene rings is 2. The van der Waals surface area contributed by atoms with Gasteiger partial charge in [-0.2, -0.15) is 0 Å². The van der Waals surface area contributed by atoms with Crippen LogP contribution in [0, 0.1) is 6.92 Å². The number of ketones is 1. The average Bonchev–Trinajstić information content (AvgIpc) is 2.86. The molecular formula is C21H19ClO3. The lowest BCUT2D eigenvalue weighted by molar-refractivity contribution is 0.101. The summed E-state index contributed by atoms with van der Waals surface area (Å²) in [5.41, 5.74) is 3.34. The van der Waals surface area contributed by atoms with Gasteiger partial charge in [0.25, 0.3) is 0 Å². The predicted molar refractivity (Wildman–Crippen MR) is 100 cm³/mol. The van der Waals surface area contributed by atoms with E-state index in [1.807, 2.05) is 51.1 Å². The number of ether oxygens (including phenoxy) is 2. The van der Waals surface area contributed by atoms with Gasteiger partial charge in [-0.1, -0.05) is 35.4 Å². The highest BCUT2D eigenvalue weighted by molar-refractivity contribution is 6.32. The molecule has 0 aliphatic carbocycles. The number of hydrogen-bond acceptors (Lipinski definition) is 3. The molecule has 0 bridgehead atoms. The molecule has 4 heteroatoms. The first-order valence-electron chi connectivity index (χ1n) is 8.05. The van der Waals surface area contributed by atoms with Gasteiger partial charge >= 0.3 is 0 Å². The number of hydrogen-bond donors (Lipinski definition) is 0. The normalized spacial score (nSPS) is 14.2. The van der Waals surface area contributed by atoms with Crippen LogP contribution in [0.5, 0.6) is 11.5 Å². The molecule has 0 atom stereocenters. The van der Waals surface area contributed by atoms with Gasteiger partial charge in [-0.25, -0.2) is 0 Å². The van der Waals surface area contributed by atoms with Crippen LogP contribution in [0.3, 0.4) is 0 Å². The number of carbonyl (C=O) groups excluding carboxylic acids is 1. The Kier molecular flexibility index (Phi) is 4.95. The monoisotopic (exact) mass is 354 g/mol. The van der Waals surface area contributed by atoms with Crippen LogP contribution in [0.15, 0.2) is 53.8 Å². The first kappa shape index (κ1) is 17.3. The van der Waals surface area contributed by atoms with Gasteiger partial charge in [-0.15, -0.1) is 0 Å².